The molecule has 144 valence electrons. The summed E-state index contributed by atoms with van der Waals surface area (Å²) >= 11 is 1.24. The number of hydrazine groups is 1. The Kier molecular flexibility index (Phi) is 5.85. The summed E-state index contributed by atoms with van der Waals surface area (Å²) in [7, 11) is 1.46. The van der Waals surface area contributed by atoms with E-state index in [4.69, 9.17) is 4.42 Å². The third-order valence-electron chi connectivity index (χ3n) is 3.80. The van der Waals surface area contributed by atoms with Gasteiger partial charge >= 0.3 is 0 Å². The molecular formula is C19H18N4O4S. The molecule has 0 spiro atoms. The van der Waals surface area contributed by atoms with Gasteiger partial charge in [-0.3, -0.25) is 25.2 Å². The number of hydrogen-bond donors (Lipinski definition) is 2. The number of nitrogens with zero attached hydrogens (tertiary/aromatic N) is 2. The van der Waals surface area contributed by atoms with Gasteiger partial charge in [0.1, 0.15) is 16.4 Å². The lowest BCUT2D eigenvalue weighted by Crippen LogP contribution is -2.46. The second-order valence-electron chi connectivity index (χ2n) is 5.94. The topological polar surface area (TPSA) is 105 Å². The molecule has 3 amide bonds. The van der Waals surface area contributed by atoms with E-state index in [-0.39, 0.29) is 12.3 Å². The van der Waals surface area contributed by atoms with Crippen molar-refractivity contribution in [3.63, 3.8) is 0 Å². The monoisotopic (exact) mass is 398 g/mol. The Hall–Kier alpha value is -3.46. The highest BCUT2D eigenvalue weighted by Gasteiger charge is 2.19. The molecule has 0 radical (unpaired) electrons. The zero-order valence-electron chi connectivity index (χ0n) is 15.3. The zero-order chi connectivity index (χ0) is 20.1. The largest absolute Gasteiger partial charge is 0.459 e. The fraction of sp³-hybridized carbons (Fsp3) is 0.158. The third-order valence-corrected chi connectivity index (χ3v) is 5.00. The van der Waals surface area contributed by atoms with E-state index >= 15 is 0 Å². The molecule has 2 heterocycles. The summed E-state index contributed by atoms with van der Waals surface area (Å²) in [5.74, 6) is -1.31. The van der Waals surface area contributed by atoms with Crippen LogP contribution in [0.5, 0.6) is 0 Å². The lowest BCUT2D eigenvalue weighted by Gasteiger charge is -2.15. The van der Waals surface area contributed by atoms with Crippen molar-refractivity contribution < 1.29 is 18.8 Å². The first-order valence-corrected chi connectivity index (χ1v) is 9.18. The molecule has 0 atom stereocenters. The number of likely N-dealkylation sites (N-methyl/N-ethyl adjacent to an activating group) is 1. The summed E-state index contributed by atoms with van der Waals surface area (Å²) in [6.07, 6.45) is 1.38. The van der Waals surface area contributed by atoms with Crippen molar-refractivity contribution in [3.8, 4) is 10.6 Å². The summed E-state index contributed by atoms with van der Waals surface area (Å²) < 4.78 is 5.01. The number of hydrogen-bond acceptors (Lipinski definition) is 6. The van der Waals surface area contributed by atoms with Crippen molar-refractivity contribution in [3.05, 3.63) is 65.1 Å². The molecule has 0 saturated heterocycles. The van der Waals surface area contributed by atoms with Crippen molar-refractivity contribution in [2.75, 3.05) is 13.6 Å². The van der Waals surface area contributed by atoms with Crippen LogP contribution in [0.4, 0.5) is 0 Å². The predicted molar refractivity (Wildman–Crippen MR) is 104 cm³/mol. The van der Waals surface area contributed by atoms with E-state index < -0.39 is 17.7 Å². The number of rotatable bonds is 5. The molecular weight excluding hydrogens is 380 g/mol. The highest BCUT2D eigenvalue weighted by molar-refractivity contribution is 7.17. The Morgan fingerprint density at radius 3 is 2.54 bits per heavy atom. The second kappa shape index (κ2) is 8.49. The summed E-state index contributed by atoms with van der Waals surface area (Å²) in [6, 6.07) is 12.6. The van der Waals surface area contributed by atoms with E-state index in [2.05, 4.69) is 15.8 Å². The SMILES string of the molecule is Cc1nc(-c2ccccc2)sc1C(=O)NNC(=O)CN(C)C(=O)c1ccco1. The van der Waals surface area contributed by atoms with Gasteiger partial charge in [-0.05, 0) is 19.1 Å². The van der Waals surface area contributed by atoms with Crippen molar-refractivity contribution in [1.29, 1.82) is 0 Å². The first kappa shape index (κ1) is 19.3. The fourth-order valence-corrected chi connectivity index (χ4v) is 3.38. The first-order valence-electron chi connectivity index (χ1n) is 8.36. The molecule has 0 aliphatic heterocycles. The molecule has 8 nitrogen and oxygen atoms in total. The normalized spacial score (nSPS) is 10.4. The van der Waals surface area contributed by atoms with Crippen LogP contribution in [0.15, 0.2) is 53.1 Å². The van der Waals surface area contributed by atoms with E-state index in [9.17, 15) is 14.4 Å². The average molecular weight is 398 g/mol. The van der Waals surface area contributed by atoms with Gasteiger partial charge in [0.2, 0.25) is 0 Å². The van der Waals surface area contributed by atoms with Crippen molar-refractivity contribution >= 4 is 29.1 Å². The van der Waals surface area contributed by atoms with Gasteiger partial charge < -0.3 is 9.32 Å². The molecule has 0 bridgehead atoms. The number of amides is 3. The molecule has 0 aliphatic rings. The molecule has 3 aromatic rings. The van der Waals surface area contributed by atoms with E-state index in [0.29, 0.717) is 10.6 Å². The van der Waals surface area contributed by atoms with Gasteiger partial charge in [0, 0.05) is 12.6 Å². The number of thiazole rings is 1. The van der Waals surface area contributed by atoms with Crippen molar-refractivity contribution in [2.24, 2.45) is 0 Å². The van der Waals surface area contributed by atoms with Gasteiger partial charge in [-0.2, -0.15) is 0 Å². The van der Waals surface area contributed by atoms with Gasteiger partial charge in [0.15, 0.2) is 5.76 Å². The minimum absolute atomic E-state index is 0.132. The molecule has 0 unspecified atom stereocenters. The van der Waals surface area contributed by atoms with Gasteiger partial charge in [-0.15, -0.1) is 11.3 Å². The van der Waals surface area contributed by atoms with Gasteiger partial charge in [-0.25, -0.2) is 4.98 Å². The minimum atomic E-state index is -0.541. The van der Waals surface area contributed by atoms with Crippen LogP contribution in [-0.4, -0.2) is 41.2 Å². The van der Waals surface area contributed by atoms with Crippen molar-refractivity contribution in [1.82, 2.24) is 20.7 Å². The number of aryl methyl sites for hydroxylation is 1. The second-order valence-corrected chi connectivity index (χ2v) is 6.94. The standard InChI is InChI=1S/C19H18N4O4S/c1-12-16(28-18(20-12)13-7-4-3-5-8-13)17(25)22-21-15(24)11-23(2)19(26)14-9-6-10-27-14/h3-10H,11H2,1-2H3,(H,21,24)(H,22,25). The fourth-order valence-electron chi connectivity index (χ4n) is 2.41. The molecule has 1 aromatic carbocycles. The highest BCUT2D eigenvalue weighted by Crippen LogP contribution is 2.27. The number of benzene rings is 1. The number of nitrogens with one attached hydrogen (secondary N) is 2. The Morgan fingerprint density at radius 2 is 1.86 bits per heavy atom. The number of aromatic nitrogens is 1. The molecule has 0 saturated carbocycles. The Labute approximate surface area is 165 Å². The number of carbonyl (C=O) groups is 3. The molecule has 3 rings (SSSR count). The lowest BCUT2D eigenvalue weighted by atomic mass is 10.2. The van der Waals surface area contributed by atoms with Crippen LogP contribution in [0.25, 0.3) is 10.6 Å². The van der Waals surface area contributed by atoms with Crippen LogP contribution >= 0.6 is 11.3 Å². The molecule has 2 aromatic heterocycles. The molecule has 0 fully saturated rings. The van der Waals surface area contributed by atoms with Crippen LogP contribution in [0.1, 0.15) is 25.9 Å². The Bertz CT molecular complexity index is 983. The van der Waals surface area contributed by atoms with E-state index in [1.165, 1.54) is 35.6 Å². The highest BCUT2D eigenvalue weighted by atomic mass is 32.1. The maximum atomic E-state index is 12.4. The Balaban J connectivity index is 1.56. The zero-order valence-corrected chi connectivity index (χ0v) is 16.1. The van der Waals surface area contributed by atoms with Gasteiger partial charge in [0.25, 0.3) is 17.7 Å². The molecule has 9 heteroatoms. The van der Waals surface area contributed by atoms with E-state index in [1.54, 1.807) is 13.0 Å². The summed E-state index contributed by atoms with van der Waals surface area (Å²) in [5, 5.41) is 0.721. The number of carbonyl (C=O) groups excluding carboxylic acids is 3. The van der Waals surface area contributed by atoms with Gasteiger partial charge in [-0.1, -0.05) is 30.3 Å². The van der Waals surface area contributed by atoms with Crippen LogP contribution in [0.2, 0.25) is 0 Å². The smallest absolute Gasteiger partial charge is 0.289 e. The number of furan rings is 1. The molecule has 0 aliphatic carbocycles. The summed E-state index contributed by atoms with van der Waals surface area (Å²) in [4.78, 5) is 42.4. The lowest BCUT2D eigenvalue weighted by molar-refractivity contribution is -0.122. The first-order chi connectivity index (χ1) is 13.5. The van der Waals surface area contributed by atoms with Crippen LogP contribution in [-0.2, 0) is 4.79 Å². The predicted octanol–water partition coefficient (Wildman–Crippen LogP) is 2.24. The maximum absolute atomic E-state index is 12.4. The summed E-state index contributed by atoms with van der Waals surface area (Å²) in [5.41, 5.74) is 6.14. The maximum Gasteiger partial charge on any atom is 0.289 e. The van der Waals surface area contributed by atoms with E-state index in [0.717, 1.165) is 10.6 Å². The molecule has 2 N–H and O–H groups in total. The summed E-state index contributed by atoms with van der Waals surface area (Å²) in [6.45, 7) is 1.49. The van der Waals surface area contributed by atoms with Crippen LogP contribution in [0.3, 0.4) is 0 Å². The molecule has 28 heavy (non-hydrogen) atoms. The van der Waals surface area contributed by atoms with Gasteiger partial charge in [0.05, 0.1) is 12.0 Å². The minimum Gasteiger partial charge on any atom is -0.459 e. The van der Waals surface area contributed by atoms with Crippen LogP contribution in [0, 0.1) is 6.92 Å². The van der Waals surface area contributed by atoms with Crippen molar-refractivity contribution in [2.45, 2.75) is 6.92 Å². The quantitative estimate of drug-likeness (QED) is 0.642. The van der Waals surface area contributed by atoms with Crippen LogP contribution < -0.4 is 10.9 Å². The Morgan fingerprint density at radius 1 is 1.11 bits per heavy atom. The third kappa shape index (κ3) is 4.44. The van der Waals surface area contributed by atoms with E-state index in [1.807, 2.05) is 30.3 Å². The average Bonchev–Trinajstić information content (AvgIpc) is 3.36.